The van der Waals surface area contributed by atoms with Gasteiger partial charge in [0.1, 0.15) is 6.54 Å². The van der Waals surface area contributed by atoms with Gasteiger partial charge in [0.05, 0.1) is 11.8 Å². The molecule has 0 saturated carbocycles. The van der Waals surface area contributed by atoms with Crippen LogP contribution in [-0.4, -0.2) is 20.7 Å². The van der Waals surface area contributed by atoms with E-state index in [4.69, 9.17) is 8.83 Å². The van der Waals surface area contributed by atoms with Crippen LogP contribution >= 0.6 is 0 Å². The standard InChI is InChI=1S/C21H20N4O3/c1-13-6-8-16(9-7-13)22-19(26)12-25-14(2)11-17(15(25)3)20-23-24-21(28-20)18-5-4-10-27-18/h4-11H,12H2,1-3H3,(H,22,26). The van der Waals surface area contributed by atoms with Crippen molar-refractivity contribution in [3.63, 3.8) is 0 Å². The fraction of sp³-hybridized carbons (Fsp3) is 0.190. The van der Waals surface area contributed by atoms with Crippen molar-refractivity contribution in [2.75, 3.05) is 5.32 Å². The molecule has 0 aliphatic carbocycles. The first-order valence-corrected chi connectivity index (χ1v) is 8.92. The van der Waals surface area contributed by atoms with E-state index in [1.165, 1.54) is 0 Å². The Hall–Kier alpha value is -3.61. The van der Waals surface area contributed by atoms with E-state index in [1.807, 2.05) is 55.7 Å². The van der Waals surface area contributed by atoms with E-state index in [-0.39, 0.29) is 12.5 Å². The molecule has 4 aromatic rings. The molecule has 0 bridgehead atoms. The third-order valence-corrected chi connectivity index (χ3v) is 4.60. The zero-order valence-electron chi connectivity index (χ0n) is 15.9. The third kappa shape index (κ3) is 3.46. The Kier molecular flexibility index (Phi) is 4.57. The first-order chi connectivity index (χ1) is 13.5. The number of benzene rings is 1. The zero-order chi connectivity index (χ0) is 19.7. The molecule has 28 heavy (non-hydrogen) atoms. The molecule has 4 rings (SSSR count). The summed E-state index contributed by atoms with van der Waals surface area (Å²) in [5.74, 6) is 1.13. The molecule has 1 amide bonds. The monoisotopic (exact) mass is 376 g/mol. The van der Waals surface area contributed by atoms with Gasteiger partial charge in [-0.1, -0.05) is 17.7 Å². The van der Waals surface area contributed by atoms with Crippen molar-refractivity contribution in [1.29, 1.82) is 0 Å². The lowest BCUT2D eigenvalue weighted by molar-refractivity contribution is -0.116. The second-order valence-corrected chi connectivity index (χ2v) is 6.67. The highest BCUT2D eigenvalue weighted by Gasteiger charge is 2.19. The Morgan fingerprint density at radius 3 is 2.54 bits per heavy atom. The lowest BCUT2D eigenvalue weighted by atomic mass is 10.2. The van der Waals surface area contributed by atoms with Crippen LogP contribution in [0.2, 0.25) is 0 Å². The van der Waals surface area contributed by atoms with Gasteiger partial charge in [0.2, 0.25) is 11.8 Å². The van der Waals surface area contributed by atoms with Gasteiger partial charge in [-0.2, -0.15) is 0 Å². The summed E-state index contributed by atoms with van der Waals surface area (Å²) in [6, 6.07) is 13.2. The number of furan rings is 1. The zero-order valence-corrected chi connectivity index (χ0v) is 15.9. The first kappa shape index (κ1) is 17.8. The number of rotatable bonds is 5. The average molecular weight is 376 g/mol. The molecule has 0 unspecified atom stereocenters. The van der Waals surface area contributed by atoms with Gasteiger partial charge < -0.3 is 18.7 Å². The summed E-state index contributed by atoms with van der Waals surface area (Å²) in [4.78, 5) is 12.5. The summed E-state index contributed by atoms with van der Waals surface area (Å²) in [5.41, 5.74) is 4.54. The fourth-order valence-electron chi connectivity index (χ4n) is 3.07. The van der Waals surface area contributed by atoms with Gasteiger partial charge in [-0.25, -0.2) is 0 Å². The number of carbonyl (C=O) groups is 1. The van der Waals surface area contributed by atoms with Crippen LogP contribution in [0.15, 0.2) is 57.6 Å². The largest absolute Gasteiger partial charge is 0.459 e. The summed E-state index contributed by atoms with van der Waals surface area (Å²) in [6.07, 6.45) is 1.55. The van der Waals surface area contributed by atoms with Gasteiger partial charge in [0, 0.05) is 17.1 Å². The molecule has 3 aromatic heterocycles. The molecule has 0 saturated heterocycles. The number of hydrogen-bond acceptors (Lipinski definition) is 5. The van der Waals surface area contributed by atoms with Crippen LogP contribution in [0.4, 0.5) is 5.69 Å². The maximum Gasteiger partial charge on any atom is 0.283 e. The highest BCUT2D eigenvalue weighted by molar-refractivity contribution is 5.90. The fourth-order valence-corrected chi connectivity index (χ4v) is 3.07. The number of aryl methyl sites for hydroxylation is 2. The molecule has 0 radical (unpaired) electrons. The van der Waals surface area contributed by atoms with Crippen LogP contribution in [-0.2, 0) is 11.3 Å². The smallest absolute Gasteiger partial charge is 0.283 e. The van der Waals surface area contributed by atoms with Crippen molar-refractivity contribution in [3.05, 3.63) is 65.7 Å². The summed E-state index contributed by atoms with van der Waals surface area (Å²) >= 11 is 0. The van der Waals surface area contributed by atoms with E-state index >= 15 is 0 Å². The normalized spacial score (nSPS) is 11.0. The summed E-state index contributed by atoms with van der Waals surface area (Å²) in [7, 11) is 0. The molecule has 1 aromatic carbocycles. The van der Waals surface area contributed by atoms with Crippen molar-refractivity contribution in [3.8, 4) is 23.1 Å². The lowest BCUT2D eigenvalue weighted by Gasteiger charge is -2.10. The molecule has 0 spiro atoms. The number of nitrogens with zero attached hydrogens (tertiary/aromatic N) is 3. The predicted octanol–water partition coefficient (Wildman–Crippen LogP) is 4.36. The molecule has 7 nitrogen and oxygen atoms in total. The molecule has 0 aliphatic heterocycles. The number of carbonyl (C=O) groups excluding carboxylic acids is 1. The number of aromatic nitrogens is 3. The van der Waals surface area contributed by atoms with E-state index in [9.17, 15) is 4.79 Å². The summed E-state index contributed by atoms with van der Waals surface area (Å²) in [5, 5.41) is 11.1. The maximum absolute atomic E-state index is 12.5. The number of anilines is 1. The van der Waals surface area contributed by atoms with E-state index in [2.05, 4.69) is 15.5 Å². The average Bonchev–Trinajstić information content (AvgIpc) is 3.40. The van der Waals surface area contributed by atoms with Crippen LogP contribution in [0.3, 0.4) is 0 Å². The van der Waals surface area contributed by atoms with Crippen LogP contribution in [0, 0.1) is 20.8 Å². The number of amides is 1. The van der Waals surface area contributed by atoms with Crippen LogP contribution < -0.4 is 5.32 Å². The topological polar surface area (TPSA) is 86.1 Å². The van der Waals surface area contributed by atoms with Crippen molar-refractivity contribution < 1.29 is 13.6 Å². The van der Waals surface area contributed by atoms with Gasteiger partial charge in [0.15, 0.2) is 5.76 Å². The molecule has 0 fully saturated rings. The highest BCUT2D eigenvalue weighted by Crippen LogP contribution is 2.28. The Morgan fingerprint density at radius 2 is 1.82 bits per heavy atom. The third-order valence-electron chi connectivity index (χ3n) is 4.60. The SMILES string of the molecule is Cc1ccc(NC(=O)Cn2c(C)cc(-c3nnc(-c4ccco4)o3)c2C)cc1. The Labute approximate surface area is 162 Å². The molecule has 7 heteroatoms. The van der Waals surface area contributed by atoms with Crippen molar-refractivity contribution in [1.82, 2.24) is 14.8 Å². The Morgan fingerprint density at radius 1 is 1.07 bits per heavy atom. The highest BCUT2D eigenvalue weighted by atomic mass is 16.4. The first-order valence-electron chi connectivity index (χ1n) is 8.92. The molecule has 0 atom stereocenters. The number of nitrogens with one attached hydrogen (secondary N) is 1. The minimum Gasteiger partial charge on any atom is -0.459 e. The van der Waals surface area contributed by atoms with Gasteiger partial charge >= 0.3 is 0 Å². The van der Waals surface area contributed by atoms with Crippen molar-refractivity contribution in [2.45, 2.75) is 27.3 Å². The van der Waals surface area contributed by atoms with Crippen molar-refractivity contribution in [2.24, 2.45) is 0 Å². The second kappa shape index (κ2) is 7.19. The second-order valence-electron chi connectivity index (χ2n) is 6.67. The van der Waals surface area contributed by atoms with E-state index in [1.54, 1.807) is 18.4 Å². The van der Waals surface area contributed by atoms with Gasteiger partial charge in [-0.15, -0.1) is 10.2 Å². The van der Waals surface area contributed by atoms with E-state index in [0.717, 1.165) is 28.2 Å². The van der Waals surface area contributed by atoms with Crippen LogP contribution in [0.1, 0.15) is 17.0 Å². The van der Waals surface area contributed by atoms with Crippen LogP contribution in [0.5, 0.6) is 0 Å². The molecular weight excluding hydrogens is 356 g/mol. The molecular formula is C21H20N4O3. The Balaban J connectivity index is 1.54. The van der Waals surface area contributed by atoms with Gasteiger partial charge in [0.25, 0.3) is 5.89 Å². The quantitative estimate of drug-likeness (QED) is 0.559. The Bertz CT molecular complexity index is 1110. The van der Waals surface area contributed by atoms with Crippen LogP contribution in [0.25, 0.3) is 23.1 Å². The molecule has 0 aliphatic rings. The lowest BCUT2D eigenvalue weighted by Crippen LogP contribution is -2.20. The molecule has 3 heterocycles. The maximum atomic E-state index is 12.5. The van der Waals surface area contributed by atoms with Gasteiger partial charge in [-0.05, 0) is 51.1 Å². The van der Waals surface area contributed by atoms with E-state index < -0.39 is 0 Å². The van der Waals surface area contributed by atoms with Crippen molar-refractivity contribution >= 4 is 11.6 Å². The van der Waals surface area contributed by atoms with Gasteiger partial charge in [-0.3, -0.25) is 4.79 Å². The predicted molar refractivity (Wildman–Crippen MR) is 105 cm³/mol. The minimum absolute atomic E-state index is 0.0981. The molecule has 142 valence electrons. The molecule has 1 N–H and O–H groups in total. The minimum atomic E-state index is -0.0981. The number of hydrogen-bond donors (Lipinski definition) is 1. The summed E-state index contributed by atoms with van der Waals surface area (Å²) < 4.78 is 13.0. The summed E-state index contributed by atoms with van der Waals surface area (Å²) in [6.45, 7) is 6.08. The van der Waals surface area contributed by atoms with E-state index in [0.29, 0.717) is 17.5 Å².